The molecule has 0 radical (unpaired) electrons. The number of aromatic nitrogens is 2. The predicted octanol–water partition coefficient (Wildman–Crippen LogP) is 1.67. The summed E-state index contributed by atoms with van der Waals surface area (Å²) < 4.78 is 5.59. The number of carbonyl (C=O) groups is 1. The van der Waals surface area contributed by atoms with E-state index in [9.17, 15) is 4.79 Å². The number of nitrogens with zero attached hydrogens (tertiary/aromatic N) is 4. The van der Waals surface area contributed by atoms with Crippen LogP contribution in [0.15, 0.2) is 34.9 Å². The Morgan fingerprint density at radius 3 is 2.92 bits per heavy atom. The molecule has 2 saturated heterocycles. The minimum atomic E-state index is 0.0752. The Morgan fingerprint density at radius 2 is 2.12 bits per heavy atom. The van der Waals surface area contributed by atoms with Crippen LogP contribution < -0.4 is 5.32 Å². The highest BCUT2D eigenvalue weighted by Crippen LogP contribution is 2.28. The number of hydrogen-bond donors (Lipinski definition) is 1. The molecule has 2 unspecified atom stereocenters. The number of nitrogens with one attached hydrogen (secondary N) is 1. The van der Waals surface area contributed by atoms with E-state index in [1.54, 1.807) is 0 Å². The number of hydrogen-bond acceptors (Lipinski definition) is 6. The molecule has 7 nitrogen and oxygen atoms in total. The Hall–Kier alpha value is -2.25. The molecule has 0 bridgehead atoms. The third kappa shape index (κ3) is 3.50. The lowest BCUT2D eigenvalue weighted by molar-refractivity contribution is 0.0695. The standard InChI is InChI=1S/C19H25N5O2/c1-23-11-9-20-12-16(23)17-21-18(26-22-17)15-8-5-10-24(13-15)19(25)14-6-3-2-4-7-14/h2-4,6-7,15-16,20H,5,8-13H2,1H3. The van der Waals surface area contributed by atoms with Crippen LogP contribution in [-0.4, -0.2) is 65.6 Å². The Balaban J connectivity index is 1.46. The average molecular weight is 355 g/mol. The Bertz CT molecular complexity index is 747. The van der Waals surface area contributed by atoms with Gasteiger partial charge in [0.25, 0.3) is 5.91 Å². The average Bonchev–Trinajstić information content (AvgIpc) is 3.18. The molecule has 2 atom stereocenters. The van der Waals surface area contributed by atoms with Crippen molar-refractivity contribution >= 4 is 5.91 Å². The van der Waals surface area contributed by atoms with Gasteiger partial charge in [-0.2, -0.15) is 4.98 Å². The Labute approximate surface area is 153 Å². The first kappa shape index (κ1) is 17.2. The van der Waals surface area contributed by atoms with Gasteiger partial charge in [-0.05, 0) is 32.0 Å². The number of carbonyl (C=O) groups excluding carboxylic acids is 1. The lowest BCUT2D eigenvalue weighted by atomic mass is 9.97. The molecule has 0 aliphatic carbocycles. The topological polar surface area (TPSA) is 74.5 Å². The second kappa shape index (κ2) is 7.55. The van der Waals surface area contributed by atoms with E-state index in [1.165, 1.54) is 0 Å². The first-order valence-electron chi connectivity index (χ1n) is 9.31. The van der Waals surface area contributed by atoms with Gasteiger partial charge in [0, 0.05) is 38.3 Å². The Kier molecular flexibility index (Phi) is 4.99. The van der Waals surface area contributed by atoms with Gasteiger partial charge >= 0.3 is 0 Å². The molecular formula is C19H25N5O2. The smallest absolute Gasteiger partial charge is 0.253 e. The highest BCUT2D eigenvalue weighted by molar-refractivity contribution is 5.94. The second-order valence-corrected chi connectivity index (χ2v) is 7.15. The van der Waals surface area contributed by atoms with E-state index in [1.807, 2.05) is 35.2 Å². The van der Waals surface area contributed by atoms with Gasteiger partial charge in [0.2, 0.25) is 5.89 Å². The zero-order valence-corrected chi connectivity index (χ0v) is 15.1. The van der Waals surface area contributed by atoms with Gasteiger partial charge in [-0.1, -0.05) is 23.4 Å². The number of piperidine rings is 1. The highest BCUT2D eigenvalue weighted by atomic mass is 16.5. The molecule has 1 amide bonds. The van der Waals surface area contributed by atoms with Crippen LogP contribution in [0.25, 0.3) is 0 Å². The van der Waals surface area contributed by atoms with Gasteiger partial charge < -0.3 is 14.7 Å². The summed E-state index contributed by atoms with van der Waals surface area (Å²) in [5.74, 6) is 1.58. The van der Waals surface area contributed by atoms with Gasteiger partial charge in [0.05, 0.1) is 12.0 Å². The molecule has 3 heterocycles. The molecule has 2 aliphatic heterocycles. The van der Waals surface area contributed by atoms with Crippen molar-refractivity contribution in [2.45, 2.75) is 24.8 Å². The van der Waals surface area contributed by atoms with Gasteiger partial charge in [-0.15, -0.1) is 0 Å². The molecule has 1 aromatic heterocycles. The monoisotopic (exact) mass is 355 g/mol. The van der Waals surface area contributed by atoms with Crippen LogP contribution >= 0.6 is 0 Å². The van der Waals surface area contributed by atoms with Crippen molar-refractivity contribution < 1.29 is 9.32 Å². The lowest BCUT2D eigenvalue weighted by Crippen LogP contribution is -2.44. The van der Waals surface area contributed by atoms with Crippen LogP contribution in [-0.2, 0) is 0 Å². The van der Waals surface area contributed by atoms with E-state index < -0.39 is 0 Å². The number of rotatable bonds is 3. The minimum absolute atomic E-state index is 0.0752. The maximum absolute atomic E-state index is 12.7. The quantitative estimate of drug-likeness (QED) is 0.903. The summed E-state index contributed by atoms with van der Waals surface area (Å²) in [4.78, 5) is 21.5. The van der Waals surface area contributed by atoms with Crippen LogP contribution in [0.5, 0.6) is 0 Å². The first-order valence-corrected chi connectivity index (χ1v) is 9.31. The number of likely N-dealkylation sites (N-methyl/N-ethyl adjacent to an activating group) is 1. The molecule has 2 aromatic rings. The SMILES string of the molecule is CN1CCNCC1c1noc(C2CCCN(C(=O)c3ccccc3)C2)n1. The molecule has 1 N–H and O–H groups in total. The van der Waals surface area contributed by atoms with Crippen molar-refractivity contribution in [1.29, 1.82) is 0 Å². The summed E-state index contributed by atoms with van der Waals surface area (Å²) in [5.41, 5.74) is 0.731. The summed E-state index contributed by atoms with van der Waals surface area (Å²) in [6.07, 6.45) is 1.92. The summed E-state index contributed by atoms with van der Waals surface area (Å²) >= 11 is 0. The van der Waals surface area contributed by atoms with Crippen molar-refractivity contribution in [2.24, 2.45) is 0 Å². The maximum atomic E-state index is 12.7. The highest BCUT2D eigenvalue weighted by Gasteiger charge is 2.31. The third-order valence-electron chi connectivity index (χ3n) is 5.35. The van der Waals surface area contributed by atoms with Crippen molar-refractivity contribution in [3.8, 4) is 0 Å². The molecule has 7 heteroatoms. The van der Waals surface area contributed by atoms with E-state index in [4.69, 9.17) is 4.52 Å². The fraction of sp³-hybridized carbons (Fsp3) is 0.526. The van der Waals surface area contributed by atoms with E-state index in [-0.39, 0.29) is 17.9 Å². The first-order chi connectivity index (χ1) is 12.7. The molecule has 26 heavy (non-hydrogen) atoms. The normalized spacial score (nSPS) is 24.6. The summed E-state index contributed by atoms with van der Waals surface area (Å²) in [7, 11) is 2.09. The minimum Gasteiger partial charge on any atom is -0.339 e. The Morgan fingerprint density at radius 1 is 1.27 bits per heavy atom. The van der Waals surface area contributed by atoms with Gasteiger partial charge in [-0.3, -0.25) is 9.69 Å². The van der Waals surface area contributed by atoms with E-state index in [2.05, 4.69) is 27.4 Å². The summed E-state index contributed by atoms with van der Waals surface area (Å²) in [6, 6.07) is 9.59. The van der Waals surface area contributed by atoms with E-state index in [0.29, 0.717) is 12.4 Å². The maximum Gasteiger partial charge on any atom is 0.253 e. The van der Waals surface area contributed by atoms with Gasteiger partial charge in [-0.25, -0.2) is 0 Å². The molecule has 1 aromatic carbocycles. The number of benzene rings is 1. The molecule has 138 valence electrons. The third-order valence-corrected chi connectivity index (χ3v) is 5.35. The van der Waals surface area contributed by atoms with Crippen LogP contribution in [0, 0.1) is 0 Å². The molecule has 0 spiro atoms. The molecule has 2 fully saturated rings. The van der Waals surface area contributed by atoms with Gasteiger partial charge in [0.1, 0.15) is 0 Å². The van der Waals surface area contributed by atoms with E-state index in [0.717, 1.165) is 50.4 Å². The van der Waals surface area contributed by atoms with E-state index >= 15 is 0 Å². The molecule has 2 aliphatic rings. The zero-order chi connectivity index (χ0) is 17.9. The molecular weight excluding hydrogens is 330 g/mol. The number of likely N-dealkylation sites (tertiary alicyclic amines) is 1. The van der Waals surface area contributed by atoms with Crippen LogP contribution in [0.3, 0.4) is 0 Å². The fourth-order valence-electron chi connectivity index (χ4n) is 3.77. The second-order valence-electron chi connectivity index (χ2n) is 7.15. The molecule has 0 saturated carbocycles. The van der Waals surface area contributed by atoms with Crippen LogP contribution in [0.4, 0.5) is 0 Å². The van der Waals surface area contributed by atoms with Crippen molar-refractivity contribution in [2.75, 3.05) is 39.8 Å². The lowest BCUT2D eigenvalue weighted by Gasteiger charge is -2.31. The largest absolute Gasteiger partial charge is 0.339 e. The van der Waals surface area contributed by atoms with Crippen molar-refractivity contribution in [3.63, 3.8) is 0 Å². The van der Waals surface area contributed by atoms with Crippen molar-refractivity contribution in [3.05, 3.63) is 47.6 Å². The van der Waals surface area contributed by atoms with Crippen LogP contribution in [0.2, 0.25) is 0 Å². The number of piperazine rings is 1. The summed E-state index contributed by atoms with van der Waals surface area (Å²) in [5, 5.41) is 7.60. The van der Waals surface area contributed by atoms with Gasteiger partial charge in [0.15, 0.2) is 5.82 Å². The van der Waals surface area contributed by atoms with Crippen molar-refractivity contribution in [1.82, 2.24) is 25.3 Å². The number of amides is 1. The zero-order valence-electron chi connectivity index (χ0n) is 15.1. The summed E-state index contributed by atoms with van der Waals surface area (Å²) in [6.45, 7) is 4.20. The fourth-order valence-corrected chi connectivity index (χ4v) is 3.77. The van der Waals surface area contributed by atoms with Crippen LogP contribution in [0.1, 0.15) is 46.9 Å². The predicted molar refractivity (Wildman–Crippen MR) is 96.9 cm³/mol. The molecule has 4 rings (SSSR count).